The first-order valence-electron chi connectivity index (χ1n) is 6.47. The zero-order chi connectivity index (χ0) is 15.6. The third-order valence-electron chi connectivity index (χ3n) is 3.17. The lowest BCUT2D eigenvalue weighted by atomic mass is 10.1. The molecule has 110 valence electrons. The molecule has 5 heteroatoms. The SMILES string of the molecule is Cc1ccc(NC(=O)c2c(O)cccc2F)cc1N(C)C. The van der Waals surface area contributed by atoms with Gasteiger partial charge >= 0.3 is 0 Å². The molecule has 2 aromatic rings. The number of nitrogens with zero attached hydrogens (tertiary/aromatic N) is 1. The number of rotatable bonds is 3. The van der Waals surface area contributed by atoms with Crippen molar-refractivity contribution in [3.63, 3.8) is 0 Å². The summed E-state index contributed by atoms with van der Waals surface area (Å²) >= 11 is 0. The van der Waals surface area contributed by atoms with Crippen molar-refractivity contribution in [1.29, 1.82) is 0 Å². The molecule has 0 unspecified atom stereocenters. The van der Waals surface area contributed by atoms with Gasteiger partial charge in [-0.15, -0.1) is 0 Å². The Kier molecular flexibility index (Phi) is 4.12. The Morgan fingerprint density at radius 2 is 1.95 bits per heavy atom. The van der Waals surface area contributed by atoms with Crippen molar-refractivity contribution in [3.8, 4) is 5.75 Å². The van der Waals surface area contributed by atoms with E-state index in [1.165, 1.54) is 12.1 Å². The fourth-order valence-corrected chi connectivity index (χ4v) is 2.10. The second kappa shape index (κ2) is 5.83. The van der Waals surface area contributed by atoms with Gasteiger partial charge in [-0.1, -0.05) is 12.1 Å². The number of aryl methyl sites for hydroxylation is 1. The molecule has 1 amide bonds. The average molecular weight is 288 g/mol. The molecule has 0 saturated carbocycles. The second-order valence-corrected chi connectivity index (χ2v) is 4.98. The Balaban J connectivity index is 2.30. The molecule has 0 aromatic heterocycles. The van der Waals surface area contributed by atoms with Gasteiger partial charge in [0.2, 0.25) is 0 Å². The molecule has 0 atom stereocenters. The predicted octanol–water partition coefficient (Wildman–Crippen LogP) is 3.16. The molecule has 0 aliphatic heterocycles. The molecule has 0 spiro atoms. The molecule has 0 radical (unpaired) electrons. The standard InChI is InChI=1S/C16H17FN2O2/c1-10-7-8-11(9-13(10)19(2)3)18-16(21)15-12(17)5-4-6-14(15)20/h4-9,20H,1-3H3,(H,18,21). The summed E-state index contributed by atoms with van der Waals surface area (Å²) in [6.07, 6.45) is 0. The normalized spacial score (nSPS) is 10.3. The highest BCUT2D eigenvalue weighted by molar-refractivity contribution is 6.06. The van der Waals surface area contributed by atoms with Gasteiger partial charge < -0.3 is 15.3 Å². The Morgan fingerprint density at radius 1 is 1.24 bits per heavy atom. The van der Waals surface area contributed by atoms with Crippen LogP contribution < -0.4 is 10.2 Å². The highest BCUT2D eigenvalue weighted by Crippen LogP contribution is 2.25. The van der Waals surface area contributed by atoms with Crippen molar-refractivity contribution in [2.24, 2.45) is 0 Å². The first-order chi connectivity index (χ1) is 9.90. The first kappa shape index (κ1) is 14.8. The lowest BCUT2D eigenvalue weighted by molar-refractivity contribution is 0.102. The number of hydrogen-bond donors (Lipinski definition) is 2. The summed E-state index contributed by atoms with van der Waals surface area (Å²) in [6.45, 7) is 1.96. The van der Waals surface area contributed by atoms with Gasteiger partial charge in [0.15, 0.2) is 0 Å². The summed E-state index contributed by atoms with van der Waals surface area (Å²) in [4.78, 5) is 14.0. The Bertz CT molecular complexity index is 664. The van der Waals surface area contributed by atoms with Crippen LogP contribution in [0.2, 0.25) is 0 Å². The minimum absolute atomic E-state index is 0.357. The molecular formula is C16H17FN2O2. The largest absolute Gasteiger partial charge is 0.507 e. The number of hydrogen-bond acceptors (Lipinski definition) is 3. The maximum Gasteiger partial charge on any atom is 0.262 e. The highest BCUT2D eigenvalue weighted by Gasteiger charge is 2.17. The fraction of sp³-hybridized carbons (Fsp3) is 0.188. The summed E-state index contributed by atoms with van der Waals surface area (Å²) in [5.74, 6) is -1.82. The van der Waals surface area contributed by atoms with Crippen LogP contribution in [0.5, 0.6) is 5.75 Å². The third kappa shape index (κ3) is 3.13. The molecular weight excluding hydrogens is 271 g/mol. The van der Waals surface area contributed by atoms with Crippen molar-refractivity contribution in [2.75, 3.05) is 24.3 Å². The molecule has 0 fully saturated rings. The van der Waals surface area contributed by atoms with Gasteiger partial charge in [0.1, 0.15) is 17.1 Å². The maximum absolute atomic E-state index is 13.6. The van der Waals surface area contributed by atoms with E-state index in [1.54, 1.807) is 12.1 Å². The zero-order valence-electron chi connectivity index (χ0n) is 12.1. The molecule has 4 nitrogen and oxygen atoms in total. The zero-order valence-corrected chi connectivity index (χ0v) is 12.1. The number of benzene rings is 2. The molecule has 2 N–H and O–H groups in total. The summed E-state index contributed by atoms with van der Waals surface area (Å²) in [6, 6.07) is 9.15. The Morgan fingerprint density at radius 3 is 2.57 bits per heavy atom. The maximum atomic E-state index is 13.6. The third-order valence-corrected chi connectivity index (χ3v) is 3.17. The van der Waals surface area contributed by atoms with E-state index < -0.39 is 11.7 Å². The van der Waals surface area contributed by atoms with Crippen molar-refractivity contribution in [3.05, 3.63) is 53.3 Å². The Hall–Kier alpha value is -2.56. The monoisotopic (exact) mass is 288 g/mol. The van der Waals surface area contributed by atoms with Crippen molar-refractivity contribution < 1.29 is 14.3 Å². The lowest BCUT2D eigenvalue weighted by Gasteiger charge is -2.17. The van der Waals surface area contributed by atoms with E-state index in [1.807, 2.05) is 32.0 Å². The van der Waals surface area contributed by atoms with Crippen LogP contribution in [0, 0.1) is 12.7 Å². The quantitative estimate of drug-likeness (QED) is 0.912. The number of carbonyl (C=O) groups is 1. The molecule has 0 heterocycles. The van der Waals surface area contributed by atoms with E-state index in [4.69, 9.17) is 0 Å². The van der Waals surface area contributed by atoms with Crippen LogP contribution in [-0.2, 0) is 0 Å². The average Bonchev–Trinajstić information content (AvgIpc) is 2.40. The topological polar surface area (TPSA) is 52.6 Å². The number of halogens is 1. The van der Waals surface area contributed by atoms with Crippen LogP contribution in [0.4, 0.5) is 15.8 Å². The van der Waals surface area contributed by atoms with Gasteiger partial charge in [-0.2, -0.15) is 0 Å². The van der Waals surface area contributed by atoms with Gasteiger partial charge in [0.25, 0.3) is 5.91 Å². The van der Waals surface area contributed by atoms with Gasteiger partial charge in [-0.3, -0.25) is 4.79 Å². The van der Waals surface area contributed by atoms with Gasteiger partial charge in [-0.25, -0.2) is 4.39 Å². The number of aromatic hydroxyl groups is 1. The number of phenolic OH excluding ortho intramolecular Hbond substituents is 1. The van der Waals surface area contributed by atoms with Crippen LogP contribution in [0.3, 0.4) is 0 Å². The summed E-state index contributed by atoms with van der Waals surface area (Å²) < 4.78 is 13.6. The van der Waals surface area contributed by atoms with E-state index in [9.17, 15) is 14.3 Å². The molecule has 0 bridgehead atoms. The smallest absolute Gasteiger partial charge is 0.262 e. The molecule has 2 rings (SSSR count). The van der Waals surface area contributed by atoms with E-state index in [-0.39, 0.29) is 11.3 Å². The van der Waals surface area contributed by atoms with Gasteiger partial charge in [-0.05, 0) is 36.8 Å². The predicted molar refractivity (Wildman–Crippen MR) is 81.5 cm³/mol. The minimum atomic E-state index is -0.757. The van der Waals surface area contributed by atoms with Crippen LogP contribution in [0.15, 0.2) is 36.4 Å². The van der Waals surface area contributed by atoms with Crippen LogP contribution >= 0.6 is 0 Å². The summed E-state index contributed by atoms with van der Waals surface area (Å²) in [7, 11) is 3.80. The minimum Gasteiger partial charge on any atom is -0.507 e. The summed E-state index contributed by atoms with van der Waals surface area (Å²) in [5.41, 5.74) is 2.19. The van der Waals surface area contributed by atoms with Crippen molar-refractivity contribution in [1.82, 2.24) is 0 Å². The molecule has 0 aliphatic carbocycles. The van der Waals surface area contributed by atoms with E-state index in [0.29, 0.717) is 5.69 Å². The van der Waals surface area contributed by atoms with Gasteiger partial charge in [0.05, 0.1) is 0 Å². The van der Waals surface area contributed by atoms with Crippen molar-refractivity contribution in [2.45, 2.75) is 6.92 Å². The Labute approximate surface area is 122 Å². The van der Waals surface area contributed by atoms with E-state index >= 15 is 0 Å². The number of carbonyl (C=O) groups excluding carboxylic acids is 1. The first-order valence-corrected chi connectivity index (χ1v) is 6.47. The number of phenols is 1. The fourth-order valence-electron chi connectivity index (χ4n) is 2.10. The number of amides is 1. The van der Waals surface area contributed by atoms with E-state index in [2.05, 4.69) is 5.32 Å². The molecule has 2 aromatic carbocycles. The highest BCUT2D eigenvalue weighted by atomic mass is 19.1. The second-order valence-electron chi connectivity index (χ2n) is 4.98. The number of anilines is 2. The van der Waals surface area contributed by atoms with E-state index in [0.717, 1.165) is 17.3 Å². The van der Waals surface area contributed by atoms with Crippen molar-refractivity contribution >= 4 is 17.3 Å². The lowest BCUT2D eigenvalue weighted by Crippen LogP contribution is -2.15. The van der Waals surface area contributed by atoms with Crippen LogP contribution in [0.25, 0.3) is 0 Å². The summed E-state index contributed by atoms with van der Waals surface area (Å²) in [5, 5.41) is 12.2. The van der Waals surface area contributed by atoms with Gasteiger partial charge in [0, 0.05) is 25.5 Å². The molecule has 0 saturated heterocycles. The van der Waals surface area contributed by atoms with Crippen LogP contribution in [0.1, 0.15) is 15.9 Å². The number of nitrogens with one attached hydrogen (secondary N) is 1. The molecule has 21 heavy (non-hydrogen) atoms. The van der Waals surface area contributed by atoms with Crippen LogP contribution in [-0.4, -0.2) is 25.1 Å². The molecule has 0 aliphatic rings.